The van der Waals surface area contributed by atoms with E-state index in [1.807, 2.05) is 0 Å². The van der Waals surface area contributed by atoms with Crippen molar-refractivity contribution in [1.82, 2.24) is 0 Å². The molecule has 1 heteroatoms. The zero-order valence-electron chi connectivity index (χ0n) is 9.67. The Morgan fingerprint density at radius 2 is 1.57 bits per heavy atom. The maximum atomic E-state index is 4.54. The van der Waals surface area contributed by atoms with Gasteiger partial charge in [-0.25, -0.2) is 0 Å². The molecule has 1 aliphatic carbocycles. The van der Waals surface area contributed by atoms with Gasteiger partial charge in [0.05, 0.1) is 0 Å². The predicted molar refractivity (Wildman–Crippen MR) is 68.1 cm³/mol. The standard InChI is InChI=1S/C13H26S/c1-2-3-4-5-6-7-12-8-10-13(14)11-9-12/h12-14H,2-11H2,1H3. The molecule has 0 amide bonds. The SMILES string of the molecule is CCCCCCCC1CCC(S)CC1. The van der Waals surface area contributed by atoms with Crippen molar-refractivity contribution >= 4 is 12.6 Å². The van der Waals surface area contributed by atoms with Crippen LogP contribution in [0, 0.1) is 5.92 Å². The zero-order chi connectivity index (χ0) is 10.2. The quantitative estimate of drug-likeness (QED) is 0.475. The molecule has 1 aliphatic rings. The van der Waals surface area contributed by atoms with E-state index >= 15 is 0 Å². The van der Waals surface area contributed by atoms with Crippen LogP contribution in [-0.2, 0) is 0 Å². The fourth-order valence-electron chi connectivity index (χ4n) is 2.47. The van der Waals surface area contributed by atoms with Crippen LogP contribution in [0.5, 0.6) is 0 Å². The van der Waals surface area contributed by atoms with E-state index < -0.39 is 0 Å². The number of rotatable bonds is 6. The van der Waals surface area contributed by atoms with Crippen LogP contribution in [0.3, 0.4) is 0 Å². The molecule has 0 atom stereocenters. The summed E-state index contributed by atoms with van der Waals surface area (Å²) in [5, 5.41) is 0.714. The average molecular weight is 214 g/mol. The van der Waals surface area contributed by atoms with Crippen molar-refractivity contribution < 1.29 is 0 Å². The minimum atomic E-state index is 0.714. The molecular weight excluding hydrogens is 188 g/mol. The van der Waals surface area contributed by atoms with E-state index in [-0.39, 0.29) is 0 Å². The lowest BCUT2D eigenvalue weighted by molar-refractivity contribution is 0.334. The molecule has 1 saturated carbocycles. The summed E-state index contributed by atoms with van der Waals surface area (Å²) in [6.45, 7) is 2.29. The molecule has 0 aromatic carbocycles. The summed E-state index contributed by atoms with van der Waals surface area (Å²) in [6, 6.07) is 0. The van der Waals surface area contributed by atoms with Gasteiger partial charge in [-0.1, -0.05) is 45.4 Å². The van der Waals surface area contributed by atoms with Crippen LogP contribution in [-0.4, -0.2) is 5.25 Å². The van der Waals surface area contributed by atoms with Crippen LogP contribution in [0.4, 0.5) is 0 Å². The number of hydrogen-bond acceptors (Lipinski definition) is 1. The van der Waals surface area contributed by atoms with E-state index in [0.717, 1.165) is 5.92 Å². The minimum absolute atomic E-state index is 0.714. The molecule has 0 radical (unpaired) electrons. The van der Waals surface area contributed by atoms with Crippen molar-refractivity contribution in [1.29, 1.82) is 0 Å². The topological polar surface area (TPSA) is 0 Å². The maximum absolute atomic E-state index is 4.54. The summed E-state index contributed by atoms with van der Waals surface area (Å²) in [7, 11) is 0. The summed E-state index contributed by atoms with van der Waals surface area (Å²) in [5.74, 6) is 1.04. The van der Waals surface area contributed by atoms with Crippen LogP contribution >= 0.6 is 12.6 Å². The Kier molecular flexibility index (Phi) is 6.76. The van der Waals surface area contributed by atoms with Gasteiger partial charge in [0.15, 0.2) is 0 Å². The summed E-state index contributed by atoms with van der Waals surface area (Å²) in [6.07, 6.45) is 14.3. The van der Waals surface area contributed by atoms with E-state index in [2.05, 4.69) is 19.6 Å². The summed E-state index contributed by atoms with van der Waals surface area (Å²) in [5.41, 5.74) is 0. The largest absolute Gasteiger partial charge is 0.176 e. The highest BCUT2D eigenvalue weighted by Crippen LogP contribution is 2.30. The highest BCUT2D eigenvalue weighted by atomic mass is 32.1. The Labute approximate surface area is 95.3 Å². The molecule has 0 N–H and O–H groups in total. The van der Waals surface area contributed by atoms with Crippen LogP contribution < -0.4 is 0 Å². The fourth-order valence-corrected chi connectivity index (χ4v) is 2.77. The molecule has 1 rings (SSSR count). The lowest BCUT2D eigenvalue weighted by Crippen LogP contribution is -2.14. The van der Waals surface area contributed by atoms with E-state index in [4.69, 9.17) is 0 Å². The first-order valence-corrected chi connectivity index (χ1v) is 7.02. The second-order valence-electron chi connectivity index (χ2n) is 4.88. The smallest absolute Gasteiger partial charge is 0.00170 e. The first kappa shape index (κ1) is 12.4. The molecule has 0 bridgehead atoms. The van der Waals surface area contributed by atoms with Crippen LogP contribution in [0.1, 0.15) is 71.1 Å². The minimum Gasteiger partial charge on any atom is -0.176 e. The third kappa shape index (κ3) is 5.29. The number of thiol groups is 1. The van der Waals surface area contributed by atoms with Gasteiger partial charge in [-0.15, -0.1) is 0 Å². The van der Waals surface area contributed by atoms with Crippen LogP contribution in [0.25, 0.3) is 0 Å². The number of hydrogen-bond donors (Lipinski definition) is 1. The third-order valence-electron chi connectivity index (χ3n) is 3.53. The van der Waals surface area contributed by atoms with Crippen LogP contribution in [0.2, 0.25) is 0 Å². The van der Waals surface area contributed by atoms with Gasteiger partial charge in [-0.05, 0) is 31.6 Å². The predicted octanol–water partition coefficient (Wildman–Crippen LogP) is 4.84. The Morgan fingerprint density at radius 1 is 0.929 bits per heavy atom. The Bertz CT molecular complexity index is 125. The second kappa shape index (κ2) is 7.62. The van der Waals surface area contributed by atoms with Gasteiger partial charge in [0, 0.05) is 5.25 Å². The van der Waals surface area contributed by atoms with Gasteiger partial charge in [0.1, 0.15) is 0 Å². The summed E-state index contributed by atoms with van der Waals surface area (Å²) in [4.78, 5) is 0. The van der Waals surface area contributed by atoms with Crippen molar-refractivity contribution in [3.05, 3.63) is 0 Å². The van der Waals surface area contributed by atoms with Gasteiger partial charge in [0.2, 0.25) is 0 Å². The molecule has 0 spiro atoms. The van der Waals surface area contributed by atoms with Gasteiger partial charge in [0.25, 0.3) is 0 Å². The molecular formula is C13H26S. The first-order valence-electron chi connectivity index (χ1n) is 6.51. The Hall–Kier alpha value is 0.350. The van der Waals surface area contributed by atoms with E-state index in [9.17, 15) is 0 Å². The van der Waals surface area contributed by atoms with Crippen molar-refractivity contribution in [3.63, 3.8) is 0 Å². The van der Waals surface area contributed by atoms with E-state index in [0.29, 0.717) is 5.25 Å². The molecule has 0 unspecified atom stereocenters. The molecule has 0 aromatic rings. The van der Waals surface area contributed by atoms with Gasteiger partial charge >= 0.3 is 0 Å². The fraction of sp³-hybridized carbons (Fsp3) is 1.00. The molecule has 14 heavy (non-hydrogen) atoms. The summed E-state index contributed by atoms with van der Waals surface area (Å²) < 4.78 is 0. The second-order valence-corrected chi connectivity index (χ2v) is 5.61. The first-order chi connectivity index (χ1) is 6.83. The van der Waals surface area contributed by atoms with Gasteiger partial charge in [-0.3, -0.25) is 0 Å². The van der Waals surface area contributed by atoms with Crippen LogP contribution in [0.15, 0.2) is 0 Å². The monoisotopic (exact) mass is 214 g/mol. The Morgan fingerprint density at radius 3 is 2.21 bits per heavy atom. The summed E-state index contributed by atoms with van der Waals surface area (Å²) >= 11 is 4.54. The average Bonchev–Trinajstić information content (AvgIpc) is 2.21. The van der Waals surface area contributed by atoms with Crippen molar-refractivity contribution in [3.8, 4) is 0 Å². The normalized spacial score (nSPS) is 27.9. The van der Waals surface area contributed by atoms with Crippen molar-refractivity contribution in [2.24, 2.45) is 5.92 Å². The molecule has 0 nitrogen and oxygen atoms in total. The van der Waals surface area contributed by atoms with Gasteiger partial charge < -0.3 is 0 Å². The zero-order valence-corrected chi connectivity index (χ0v) is 10.6. The van der Waals surface area contributed by atoms with E-state index in [1.165, 1.54) is 64.2 Å². The molecule has 1 fully saturated rings. The Balaban J connectivity index is 1.91. The molecule has 0 aliphatic heterocycles. The van der Waals surface area contributed by atoms with E-state index in [1.54, 1.807) is 0 Å². The molecule has 84 valence electrons. The third-order valence-corrected chi connectivity index (χ3v) is 4.05. The molecule has 0 heterocycles. The molecule has 0 saturated heterocycles. The van der Waals surface area contributed by atoms with Gasteiger partial charge in [-0.2, -0.15) is 12.6 Å². The maximum Gasteiger partial charge on any atom is 0.00170 e. The van der Waals surface area contributed by atoms with Crippen molar-refractivity contribution in [2.45, 2.75) is 76.4 Å². The highest BCUT2D eigenvalue weighted by molar-refractivity contribution is 7.80. The van der Waals surface area contributed by atoms with Crippen molar-refractivity contribution in [2.75, 3.05) is 0 Å². The number of unbranched alkanes of at least 4 members (excludes halogenated alkanes) is 4. The molecule has 0 aromatic heterocycles. The highest BCUT2D eigenvalue weighted by Gasteiger charge is 2.17. The lowest BCUT2D eigenvalue weighted by Gasteiger charge is -2.25. The lowest BCUT2D eigenvalue weighted by atomic mass is 9.85.